The molecule has 47 heavy (non-hydrogen) atoms. The Labute approximate surface area is 280 Å². The second kappa shape index (κ2) is 14.4. The van der Waals surface area contributed by atoms with Crippen LogP contribution in [0.1, 0.15) is 91.2 Å². The van der Waals surface area contributed by atoms with Gasteiger partial charge in [-0.05, 0) is 152 Å². The van der Waals surface area contributed by atoms with E-state index in [1.165, 1.54) is 47.9 Å². The molecule has 5 aromatic carbocycles. The highest BCUT2D eigenvalue weighted by Gasteiger charge is 2.39. The van der Waals surface area contributed by atoms with Gasteiger partial charge in [0.15, 0.2) is 0 Å². The molecule has 242 valence electrons. The number of hydrogen-bond donors (Lipinski definition) is 2. The van der Waals surface area contributed by atoms with Gasteiger partial charge < -0.3 is 20.9 Å². The normalized spacial score (nSPS) is 14.5. The Morgan fingerprint density at radius 1 is 0.617 bits per heavy atom. The molecule has 6 rings (SSSR count). The van der Waals surface area contributed by atoms with E-state index in [0.717, 1.165) is 71.2 Å². The first kappa shape index (κ1) is 32.2. The van der Waals surface area contributed by atoms with Crippen LogP contribution >= 0.6 is 0 Å². The number of nitrogens with two attached hydrogens (primary N) is 2. The lowest BCUT2D eigenvalue weighted by molar-refractivity contribution is 0.314. The number of anilines is 2. The zero-order valence-corrected chi connectivity index (χ0v) is 28.1. The predicted molar refractivity (Wildman–Crippen MR) is 196 cm³/mol. The quantitative estimate of drug-likeness (QED) is 0.113. The summed E-state index contributed by atoms with van der Waals surface area (Å²) in [5, 5.41) is 0. The monoisotopic (exact) mass is 624 g/mol. The molecule has 1 saturated carbocycles. The maximum atomic E-state index is 6.27. The van der Waals surface area contributed by atoms with E-state index in [1.807, 2.05) is 50.2 Å². The van der Waals surface area contributed by atoms with Crippen molar-refractivity contribution in [2.45, 2.75) is 83.5 Å². The summed E-state index contributed by atoms with van der Waals surface area (Å²) in [6.45, 7) is 6.31. The van der Waals surface area contributed by atoms with Crippen molar-refractivity contribution in [3.63, 3.8) is 0 Å². The van der Waals surface area contributed by atoms with Crippen LogP contribution in [-0.2, 0) is 11.8 Å². The number of hydrogen-bond acceptors (Lipinski definition) is 4. The lowest BCUT2D eigenvalue weighted by Gasteiger charge is -2.41. The zero-order chi connectivity index (χ0) is 32.8. The number of ether oxygens (including phenoxy) is 2. The minimum Gasteiger partial charge on any atom is -0.457 e. The lowest BCUT2D eigenvalue weighted by Crippen LogP contribution is -2.32. The van der Waals surface area contributed by atoms with Crippen LogP contribution < -0.4 is 20.9 Å². The molecule has 5 aromatic rings. The van der Waals surface area contributed by atoms with Crippen molar-refractivity contribution in [2.75, 3.05) is 11.5 Å². The van der Waals surface area contributed by atoms with Crippen LogP contribution in [0, 0.1) is 13.8 Å². The molecule has 0 aromatic heterocycles. The molecule has 0 radical (unpaired) electrons. The molecule has 0 unspecified atom stereocenters. The molecule has 0 amide bonds. The van der Waals surface area contributed by atoms with Gasteiger partial charge in [0.2, 0.25) is 0 Å². The van der Waals surface area contributed by atoms with Gasteiger partial charge in [0.1, 0.15) is 23.0 Å². The van der Waals surface area contributed by atoms with Crippen molar-refractivity contribution in [3.05, 3.63) is 143 Å². The number of rotatable bonds is 11. The molecule has 0 bridgehead atoms. The highest BCUT2D eigenvalue weighted by atomic mass is 16.5. The first-order valence-electron chi connectivity index (χ1n) is 17.2. The van der Waals surface area contributed by atoms with Gasteiger partial charge in [-0.2, -0.15) is 0 Å². The second-order valence-electron chi connectivity index (χ2n) is 13.4. The van der Waals surface area contributed by atoms with Crippen molar-refractivity contribution in [1.29, 1.82) is 0 Å². The Kier molecular flexibility index (Phi) is 9.87. The number of aryl methyl sites for hydroxylation is 3. The fourth-order valence-corrected chi connectivity index (χ4v) is 7.24. The van der Waals surface area contributed by atoms with Gasteiger partial charge in [-0.3, -0.25) is 0 Å². The molecule has 1 aliphatic rings. The van der Waals surface area contributed by atoms with Crippen LogP contribution in [-0.4, -0.2) is 0 Å². The molecule has 0 aliphatic heterocycles. The highest BCUT2D eigenvalue weighted by molar-refractivity contribution is 5.51. The lowest BCUT2D eigenvalue weighted by atomic mass is 9.62. The first-order valence-corrected chi connectivity index (χ1v) is 17.2. The molecular weight excluding hydrogens is 576 g/mol. The van der Waals surface area contributed by atoms with Gasteiger partial charge in [-0.15, -0.1) is 0 Å². The van der Waals surface area contributed by atoms with E-state index in [4.69, 9.17) is 20.9 Å². The summed E-state index contributed by atoms with van der Waals surface area (Å²) < 4.78 is 12.5. The SMILES string of the molecule is CCCCCc1ccc(C2CCC(c3ccc(Oc4ccc(N)cc4C)cc3)(c3ccc(Oc4ccc(N)cc4C)cc3)CC2)cc1. The fraction of sp³-hybridized carbons (Fsp3) is 0.302. The summed E-state index contributed by atoms with van der Waals surface area (Å²) >= 11 is 0. The summed E-state index contributed by atoms with van der Waals surface area (Å²) in [5.41, 5.74) is 20.9. The average Bonchev–Trinajstić information content (AvgIpc) is 3.08. The standard InChI is InChI=1S/C43H48N2O2/c1-4-5-6-7-32-8-10-33(11-9-32)34-24-26-43(27-25-34,35-12-18-39(19-13-35)46-41-22-16-37(44)28-30(41)2)36-14-20-40(21-15-36)47-42-23-17-38(45)29-31(42)3/h8-23,28-29,34H,4-7,24-27,44-45H2,1-3H3. The smallest absolute Gasteiger partial charge is 0.130 e. The third-order valence-corrected chi connectivity index (χ3v) is 10.0. The van der Waals surface area contributed by atoms with Crippen molar-refractivity contribution in [1.82, 2.24) is 0 Å². The summed E-state index contributed by atoms with van der Waals surface area (Å²) in [7, 11) is 0. The van der Waals surface area contributed by atoms with Crippen LogP contribution in [0.25, 0.3) is 0 Å². The molecule has 0 spiro atoms. The summed E-state index contributed by atoms with van der Waals surface area (Å²) in [4.78, 5) is 0. The Balaban J connectivity index is 1.24. The van der Waals surface area contributed by atoms with Gasteiger partial charge in [0.05, 0.1) is 0 Å². The van der Waals surface area contributed by atoms with Crippen molar-refractivity contribution >= 4 is 11.4 Å². The molecule has 1 aliphatic carbocycles. The van der Waals surface area contributed by atoms with E-state index in [-0.39, 0.29) is 5.41 Å². The maximum Gasteiger partial charge on any atom is 0.130 e. The Hall–Kier alpha value is -4.70. The summed E-state index contributed by atoms with van der Waals surface area (Å²) in [6.07, 6.45) is 9.44. The van der Waals surface area contributed by atoms with E-state index in [2.05, 4.69) is 79.7 Å². The van der Waals surface area contributed by atoms with Crippen LogP contribution in [0.5, 0.6) is 23.0 Å². The molecule has 0 atom stereocenters. The molecule has 0 heterocycles. The van der Waals surface area contributed by atoms with Crippen molar-refractivity contribution in [3.8, 4) is 23.0 Å². The van der Waals surface area contributed by atoms with Crippen LogP contribution in [0.3, 0.4) is 0 Å². The van der Waals surface area contributed by atoms with Gasteiger partial charge in [-0.25, -0.2) is 0 Å². The van der Waals surface area contributed by atoms with Gasteiger partial charge >= 0.3 is 0 Å². The van der Waals surface area contributed by atoms with Crippen molar-refractivity contribution in [2.24, 2.45) is 0 Å². The molecule has 0 saturated heterocycles. The summed E-state index contributed by atoms with van der Waals surface area (Å²) in [6, 6.07) is 38.5. The third kappa shape index (κ3) is 7.49. The van der Waals surface area contributed by atoms with E-state index in [9.17, 15) is 0 Å². The first-order chi connectivity index (χ1) is 22.8. The number of nitrogen functional groups attached to an aromatic ring is 2. The molecule has 4 heteroatoms. The molecule has 4 N–H and O–H groups in total. The van der Waals surface area contributed by atoms with Crippen LogP contribution in [0.2, 0.25) is 0 Å². The zero-order valence-electron chi connectivity index (χ0n) is 28.1. The van der Waals surface area contributed by atoms with Gasteiger partial charge in [-0.1, -0.05) is 68.3 Å². The Morgan fingerprint density at radius 3 is 1.55 bits per heavy atom. The fourth-order valence-electron chi connectivity index (χ4n) is 7.24. The average molecular weight is 625 g/mol. The number of unbranched alkanes of at least 4 members (excludes halogenated alkanes) is 2. The van der Waals surface area contributed by atoms with E-state index >= 15 is 0 Å². The number of benzene rings is 5. The minimum atomic E-state index is -0.0954. The van der Waals surface area contributed by atoms with E-state index in [0.29, 0.717) is 5.92 Å². The topological polar surface area (TPSA) is 70.5 Å². The van der Waals surface area contributed by atoms with Gasteiger partial charge in [0, 0.05) is 16.8 Å². The van der Waals surface area contributed by atoms with E-state index < -0.39 is 0 Å². The summed E-state index contributed by atoms with van der Waals surface area (Å²) in [5.74, 6) is 3.87. The van der Waals surface area contributed by atoms with Gasteiger partial charge in [0.25, 0.3) is 0 Å². The largest absolute Gasteiger partial charge is 0.457 e. The third-order valence-electron chi connectivity index (χ3n) is 10.0. The second-order valence-corrected chi connectivity index (χ2v) is 13.4. The van der Waals surface area contributed by atoms with E-state index in [1.54, 1.807) is 0 Å². The van der Waals surface area contributed by atoms with Crippen LogP contribution in [0.4, 0.5) is 11.4 Å². The van der Waals surface area contributed by atoms with Crippen molar-refractivity contribution < 1.29 is 9.47 Å². The predicted octanol–water partition coefficient (Wildman–Crippen LogP) is 11.4. The maximum absolute atomic E-state index is 6.27. The Bertz CT molecular complexity index is 1670. The molecule has 4 nitrogen and oxygen atoms in total. The molecular formula is C43H48N2O2. The molecule has 1 fully saturated rings. The Morgan fingerprint density at radius 2 is 1.11 bits per heavy atom. The van der Waals surface area contributed by atoms with Crippen LogP contribution in [0.15, 0.2) is 109 Å². The minimum absolute atomic E-state index is 0.0954. The highest BCUT2D eigenvalue weighted by Crippen LogP contribution is 2.50.